The third kappa shape index (κ3) is 5.08. The maximum Gasteiger partial charge on any atom is 0.486 e. The summed E-state index contributed by atoms with van der Waals surface area (Å²) in [6.45, 7) is 6.18. The van der Waals surface area contributed by atoms with E-state index in [2.05, 4.69) is 13.8 Å². The number of allylic oxidation sites excluding steroid dienone is 2. The van der Waals surface area contributed by atoms with E-state index in [9.17, 15) is 4.79 Å². The summed E-state index contributed by atoms with van der Waals surface area (Å²) in [7, 11) is 1.03. The van der Waals surface area contributed by atoms with E-state index < -0.39 is 0 Å². The Morgan fingerprint density at radius 3 is 2.78 bits per heavy atom. The number of hydrogen-bond acceptors (Lipinski definition) is 4. The largest absolute Gasteiger partial charge is 0.486 e. The summed E-state index contributed by atoms with van der Waals surface area (Å²) in [5, 5.41) is 0. The number of ether oxygens (including phenoxy) is 1. The molecular weight excluding hydrogens is 291 g/mol. The Balaban J connectivity index is 2.03. The number of benzene rings is 1. The molecule has 23 heavy (non-hydrogen) atoms. The fourth-order valence-corrected chi connectivity index (χ4v) is 2.70. The molecule has 0 saturated carbocycles. The van der Waals surface area contributed by atoms with Crippen LogP contribution in [-0.2, 0) is 14.0 Å². The highest BCUT2D eigenvalue weighted by atomic mass is 16.6. The van der Waals surface area contributed by atoms with Crippen LogP contribution in [0, 0.1) is 0 Å². The molecule has 4 nitrogen and oxygen atoms in total. The molecule has 122 valence electrons. The van der Waals surface area contributed by atoms with Crippen LogP contribution in [0.5, 0.6) is 0 Å². The van der Waals surface area contributed by atoms with Crippen molar-refractivity contribution in [1.82, 2.24) is 0 Å². The minimum absolute atomic E-state index is 0.164. The van der Waals surface area contributed by atoms with Gasteiger partial charge in [0.15, 0.2) is 0 Å². The number of methoxy groups -OCH3 is 1. The minimum atomic E-state index is -0.353. The van der Waals surface area contributed by atoms with Crippen LogP contribution in [0.3, 0.4) is 0 Å². The molecule has 2 rings (SSSR count). The predicted octanol–water partition coefficient (Wildman–Crippen LogP) is 3.67. The number of rotatable bonds is 4. The van der Waals surface area contributed by atoms with Crippen molar-refractivity contribution in [3.05, 3.63) is 53.5 Å². The monoisotopic (exact) mass is 314 g/mol. The van der Waals surface area contributed by atoms with Gasteiger partial charge in [0.2, 0.25) is 0 Å². The molecule has 1 fully saturated rings. The van der Waals surface area contributed by atoms with Crippen molar-refractivity contribution in [1.29, 1.82) is 0 Å². The summed E-state index contributed by atoms with van der Waals surface area (Å²) in [6, 6.07) is 7.31. The van der Waals surface area contributed by atoms with E-state index in [4.69, 9.17) is 14.0 Å². The summed E-state index contributed by atoms with van der Waals surface area (Å²) < 4.78 is 16.4. The lowest BCUT2D eigenvalue weighted by Gasteiger charge is -2.37. The second kappa shape index (κ2) is 7.62. The summed E-state index contributed by atoms with van der Waals surface area (Å²) >= 11 is 0. The molecule has 1 aromatic rings. The minimum Gasteiger partial charge on any atom is -0.465 e. The molecule has 0 aliphatic carbocycles. The van der Waals surface area contributed by atoms with Gasteiger partial charge in [-0.25, -0.2) is 4.79 Å². The molecule has 0 radical (unpaired) electrons. The summed E-state index contributed by atoms with van der Waals surface area (Å²) in [5.41, 5.74) is 1.16. The Morgan fingerprint density at radius 2 is 2.09 bits per heavy atom. The molecule has 1 aromatic carbocycles. The Hall–Kier alpha value is -1.85. The van der Waals surface area contributed by atoms with E-state index in [0.717, 1.165) is 12.0 Å². The second-order valence-electron chi connectivity index (χ2n) is 6.22. The van der Waals surface area contributed by atoms with Gasteiger partial charge in [0.25, 0.3) is 0 Å². The fraction of sp³-hybridized carbons (Fsp3) is 0.389. The molecule has 0 bridgehead atoms. The van der Waals surface area contributed by atoms with Gasteiger partial charge in [0.1, 0.15) is 0 Å². The molecule has 1 atom stereocenters. The molecule has 0 aromatic heterocycles. The van der Waals surface area contributed by atoms with Gasteiger partial charge in [0, 0.05) is 6.10 Å². The number of carbonyl (C=O) groups is 1. The number of esters is 1. The zero-order valence-electron chi connectivity index (χ0n) is 14.1. The number of hydrogen-bond donors (Lipinski definition) is 0. The smallest absolute Gasteiger partial charge is 0.465 e. The average Bonchev–Trinajstić information content (AvgIpc) is 2.49. The van der Waals surface area contributed by atoms with Crippen molar-refractivity contribution in [3.8, 4) is 0 Å². The zero-order valence-corrected chi connectivity index (χ0v) is 14.1. The van der Waals surface area contributed by atoms with E-state index in [-0.39, 0.29) is 24.8 Å². The van der Waals surface area contributed by atoms with Crippen molar-refractivity contribution in [2.45, 2.75) is 38.9 Å². The lowest BCUT2D eigenvalue weighted by Crippen LogP contribution is -2.45. The quantitative estimate of drug-likeness (QED) is 0.483. The van der Waals surface area contributed by atoms with Crippen LogP contribution in [0.25, 0.3) is 6.08 Å². The Bertz CT molecular complexity index is 607. The Labute approximate surface area is 138 Å². The van der Waals surface area contributed by atoms with Crippen LogP contribution in [0.4, 0.5) is 0 Å². The van der Waals surface area contributed by atoms with Gasteiger partial charge >= 0.3 is 13.1 Å². The molecule has 5 heteroatoms. The summed E-state index contributed by atoms with van der Waals surface area (Å²) in [6.07, 6.45) is 6.63. The molecule has 0 N–H and O–H groups in total. The van der Waals surface area contributed by atoms with Crippen molar-refractivity contribution >= 4 is 19.2 Å². The van der Waals surface area contributed by atoms with E-state index in [1.807, 2.05) is 49.3 Å². The molecule has 1 heterocycles. The highest BCUT2D eigenvalue weighted by Gasteiger charge is 2.35. The van der Waals surface area contributed by atoms with Gasteiger partial charge in [-0.2, -0.15) is 0 Å². The first-order chi connectivity index (χ1) is 10.9. The normalized spacial score (nSPS) is 21.0. The van der Waals surface area contributed by atoms with Crippen LogP contribution in [0.15, 0.2) is 42.4 Å². The van der Waals surface area contributed by atoms with Gasteiger partial charge in [-0.15, -0.1) is 0 Å². The molecule has 1 aliphatic heterocycles. The molecule has 1 unspecified atom stereocenters. The van der Waals surface area contributed by atoms with Gasteiger partial charge in [-0.05, 0) is 38.8 Å². The average molecular weight is 314 g/mol. The van der Waals surface area contributed by atoms with E-state index >= 15 is 0 Å². The molecule has 0 amide bonds. The van der Waals surface area contributed by atoms with E-state index in [1.54, 1.807) is 6.07 Å². The highest BCUT2D eigenvalue weighted by Crippen LogP contribution is 2.26. The topological polar surface area (TPSA) is 44.8 Å². The maximum absolute atomic E-state index is 11.7. The SMILES string of the molecule is COC(=O)c1ccccc1/C=C\C=C\B1OC(C)CC(C)(C)O1. The van der Waals surface area contributed by atoms with Crippen LogP contribution in [-0.4, -0.2) is 31.9 Å². The van der Waals surface area contributed by atoms with E-state index in [0.29, 0.717) is 5.56 Å². The first-order valence-corrected chi connectivity index (χ1v) is 7.77. The molecular formula is C18H23BO4. The first kappa shape index (κ1) is 17.5. The fourth-order valence-electron chi connectivity index (χ4n) is 2.70. The molecule has 1 saturated heterocycles. The number of carbonyl (C=O) groups excluding carboxylic acids is 1. The lowest BCUT2D eigenvalue weighted by atomic mass is 9.82. The highest BCUT2D eigenvalue weighted by molar-refractivity contribution is 6.51. The van der Waals surface area contributed by atoms with Crippen molar-refractivity contribution in [2.24, 2.45) is 0 Å². The molecule has 0 spiro atoms. The summed E-state index contributed by atoms with van der Waals surface area (Å²) in [4.78, 5) is 11.7. The Morgan fingerprint density at radius 1 is 1.35 bits per heavy atom. The second-order valence-corrected chi connectivity index (χ2v) is 6.22. The van der Waals surface area contributed by atoms with Gasteiger partial charge < -0.3 is 14.0 Å². The summed E-state index contributed by atoms with van der Waals surface area (Å²) in [5.74, 6) is 1.53. The lowest BCUT2D eigenvalue weighted by molar-refractivity contribution is -0.0236. The first-order valence-electron chi connectivity index (χ1n) is 7.77. The van der Waals surface area contributed by atoms with Crippen molar-refractivity contribution in [3.63, 3.8) is 0 Å². The maximum atomic E-state index is 11.7. The van der Waals surface area contributed by atoms with Gasteiger partial charge in [0.05, 0.1) is 18.3 Å². The van der Waals surface area contributed by atoms with Crippen LogP contribution in [0.2, 0.25) is 0 Å². The van der Waals surface area contributed by atoms with Crippen molar-refractivity contribution in [2.75, 3.05) is 7.11 Å². The third-order valence-electron chi connectivity index (χ3n) is 3.60. The van der Waals surface area contributed by atoms with Crippen LogP contribution < -0.4 is 0 Å². The van der Waals surface area contributed by atoms with Crippen molar-refractivity contribution < 1.29 is 18.8 Å². The standard InChI is InChI=1S/C18H23BO4/c1-14-13-18(2,3)23-19(22-14)12-8-7-10-15-9-5-6-11-16(15)17(20)21-4/h5-12,14H,13H2,1-4H3/b10-7-,12-8+. The predicted molar refractivity (Wildman–Crippen MR) is 92.0 cm³/mol. The van der Waals surface area contributed by atoms with Gasteiger partial charge in [-0.1, -0.05) is 42.4 Å². The van der Waals surface area contributed by atoms with Crippen LogP contribution in [0.1, 0.15) is 43.1 Å². The van der Waals surface area contributed by atoms with Gasteiger partial charge in [-0.3, -0.25) is 0 Å². The third-order valence-corrected chi connectivity index (χ3v) is 3.60. The van der Waals surface area contributed by atoms with Crippen LogP contribution >= 0.6 is 0 Å². The molecule has 1 aliphatic rings. The zero-order chi connectivity index (χ0) is 16.9. The van der Waals surface area contributed by atoms with E-state index in [1.165, 1.54) is 7.11 Å². The Kier molecular flexibility index (Phi) is 5.80.